The number of likely N-dealkylation sites (tertiary alicyclic amines) is 1. The van der Waals surface area contributed by atoms with E-state index in [4.69, 9.17) is 0 Å². The first kappa shape index (κ1) is 15.7. The van der Waals surface area contributed by atoms with Crippen LogP contribution in [-0.4, -0.2) is 38.2 Å². The van der Waals surface area contributed by atoms with Crippen LogP contribution in [0.2, 0.25) is 0 Å². The van der Waals surface area contributed by atoms with Gasteiger partial charge in [-0.1, -0.05) is 0 Å². The Morgan fingerprint density at radius 3 is 2.96 bits per heavy atom. The molecule has 1 aliphatic rings. The van der Waals surface area contributed by atoms with E-state index in [1.54, 1.807) is 11.1 Å². The van der Waals surface area contributed by atoms with Crippen molar-refractivity contribution in [1.29, 1.82) is 0 Å². The molecule has 1 N–H and O–H groups in total. The van der Waals surface area contributed by atoms with Crippen molar-refractivity contribution in [1.82, 2.24) is 14.7 Å². The second kappa shape index (κ2) is 6.95. The zero-order valence-corrected chi connectivity index (χ0v) is 13.5. The highest BCUT2D eigenvalue weighted by Crippen LogP contribution is 2.37. The molecular weight excluding hydrogens is 314 g/mol. The topological polar surface area (TPSA) is 75.4 Å². The Morgan fingerprint density at radius 2 is 2.30 bits per heavy atom. The number of hydrogen-bond donors (Lipinski definition) is 1. The fourth-order valence-electron chi connectivity index (χ4n) is 3.17. The van der Waals surface area contributed by atoms with Crippen LogP contribution < -0.4 is 0 Å². The molecule has 3 heterocycles. The Morgan fingerprint density at radius 1 is 1.43 bits per heavy atom. The lowest BCUT2D eigenvalue weighted by Gasteiger charge is -2.39. The normalized spacial score (nSPS) is 21.6. The molecular formula is C16H19N3O3S. The summed E-state index contributed by atoms with van der Waals surface area (Å²) in [6.07, 6.45) is 5.07. The zero-order chi connectivity index (χ0) is 16.2. The van der Waals surface area contributed by atoms with Crippen LogP contribution in [0.25, 0.3) is 0 Å². The van der Waals surface area contributed by atoms with Gasteiger partial charge in [0.2, 0.25) is 5.91 Å². The third kappa shape index (κ3) is 3.44. The second-order valence-electron chi connectivity index (χ2n) is 5.69. The number of carbonyl (C=O) groups excluding carboxylic acids is 1. The van der Waals surface area contributed by atoms with E-state index in [-0.39, 0.29) is 11.9 Å². The summed E-state index contributed by atoms with van der Waals surface area (Å²) in [5, 5.41) is 17.6. The molecule has 1 aliphatic heterocycles. The van der Waals surface area contributed by atoms with Crippen molar-refractivity contribution in [2.75, 3.05) is 6.54 Å². The van der Waals surface area contributed by atoms with Crippen LogP contribution in [-0.2, 0) is 16.1 Å². The third-order valence-corrected chi connectivity index (χ3v) is 4.96. The molecule has 1 amide bonds. The minimum Gasteiger partial charge on any atom is -0.481 e. The highest BCUT2D eigenvalue weighted by Gasteiger charge is 2.40. The van der Waals surface area contributed by atoms with E-state index in [1.165, 1.54) is 11.3 Å². The average Bonchev–Trinajstić information content (AvgIpc) is 3.21. The molecule has 23 heavy (non-hydrogen) atoms. The number of thiophene rings is 1. The number of aryl methyl sites for hydroxylation is 1. The summed E-state index contributed by atoms with van der Waals surface area (Å²) in [6.45, 7) is 1.26. The number of hydrogen-bond acceptors (Lipinski definition) is 4. The van der Waals surface area contributed by atoms with Crippen LogP contribution in [0.5, 0.6) is 0 Å². The summed E-state index contributed by atoms with van der Waals surface area (Å²) >= 11 is 1.53. The van der Waals surface area contributed by atoms with Crippen LogP contribution in [0.1, 0.15) is 30.9 Å². The Labute approximate surface area is 138 Å². The van der Waals surface area contributed by atoms with E-state index in [9.17, 15) is 14.7 Å². The van der Waals surface area contributed by atoms with Gasteiger partial charge in [0.05, 0.1) is 12.0 Å². The average molecular weight is 333 g/mol. The van der Waals surface area contributed by atoms with Gasteiger partial charge in [0.1, 0.15) is 0 Å². The maximum Gasteiger partial charge on any atom is 0.308 e. The summed E-state index contributed by atoms with van der Waals surface area (Å²) in [5.41, 5.74) is 0.925. The highest BCUT2D eigenvalue weighted by atomic mass is 32.1. The number of carboxylic acids is 1. The monoisotopic (exact) mass is 333 g/mol. The number of carbonyl (C=O) groups is 2. The largest absolute Gasteiger partial charge is 0.481 e. The van der Waals surface area contributed by atoms with Crippen LogP contribution in [0.4, 0.5) is 0 Å². The van der Waals surface area contributed by atoms with Gasteiger partial charge in [-0.3, -0.25) is 14.3 Å². The summed E-state index contributed by atoms with van der Waals surface area (Å²) < 4.78 is 1.82. The molecule has 0 aliphatic carbocycles. The molecule has 6 nitrogen and oxygen atoms in total. The van der Waals surface area contributed by atoms with Gasteiger partial charge in [-0.2, -0.15) is 16.4 Å². The maximum absolute atomic E-state index is 12.4. The molecule has 0 spiro atoms. The molecule has 1 saturated heterocycles. The lowest BCUT2D eigenvalue weighted by molar-refractivity contribution is -0.152. The summed E-state index contributed by atoms with van der Waals surface area (Å²) in [4.78, 5) is 25.7. The molecule has 2 aromatic rings. The molecule has 0 bridgehead atoms. The van der Waals surface area contributed by atoms with Crippen LogP contribution in [0.15, 0.2) is 35.3 Å². The number of aliphatic carboxylic acids is 1. The van der Waals surface area contributed by atoms with E-state index in [0.29, 0.717) is 25.9 Å². The van der Waals surface area contributed by atoms with Gasteiger partial charge in [-0.05, 0) is 41.3 Å². The van der Waals surface area contributed by atoms with Crippen molar-refractivity contribution in [3.63, 3.8) is 0 Å². The van der Waals surface area contributed by atoms with Crippen molar-refractivity contribution >= 4 is 23.2 Å². The van der Waals surface area contributed by atoms with Gasteiger partial charge >= 0.3 is 5.97 Å². The first-order valence-electron chi connectivity index (χ1n) is 7.68. The van der Waals surface area contributed by atoms with Gasteiger partial charge < -0.3 is 10.0 Å². The second-order valence-corrected chi connectivity index (χ2v) is 6.47. The Balaban J connectivity index is 1.75. The van der Waals surface area contributed by atoms with Gasteiger partial charge in [-0.15, -0.1) is 0 Å². The smallest absolute Gasteiger partial charge is 0.308 e. The van der Waals surface area contributed by atoms with Crippen molar-refractivity contribution in [3.05, 3.63) is 40.8 Å². The van der Waals surface area contributed by atoms with Gasteiger partial charge in [0, 0.05) is 31.9 Å². The first-order valence-corrected chi connectivity index (χ1v) is 8.63. The fraction of sp³-hybridized carbons (Fsp3) is 0.438. The number of rotatable bonds is 6. The lowest BCUT2D eigenvalue weighted by atomic mass is 9.85. The van der Waals surface area contributed by atoms with Gasteiger partial charge in [0.25, 0.3) is 0 Å². The van der Waals surface area contributed by atoms with E-state index >= 15 is 0 Å². The fourth-order valence-corrected chi connectivity index (χ4v) is 3.86. The maximum atomic E-state index is 12.4. The van der Waals surface area contributed by atoms with Crippen molar-refractivity contribution in [3.8, 4) is 0 Å². The number of amides is 1. The number of aromatic nitrogens is 2. The van der Waals surface area contributed by atoms with Crippen LogP contribution in [0, 0.1) is 5.92 Å². The molecule has 0 unspecified atom stereocenters. The number of carboxylic acid groups (broad SMARTS) is 1. The zero-order valence-electron chi connectivity index (χ0n) is 12.7. The lowest BCUT2D eigenvalue weighted by Crippen LogP contribution is -2.45. The van der Waals surface area contributed by atoms with Crippen molar-refractivity contribution in [2.24, 2.45) is 5.92 Å². The predicted octanol–water partition coefficient (Wildman–Crippen LogP) is 2.40. The molecule has 7 heteroatoms. The van der Waals surface area contributed by atoms with E-state index in [2.05, 4.69) is 5.10 Å². The SMILES string of the molecule is O=C(O)[C@H]1CCC(=O)N(CCCn2cccn2)[C@@H]1c1ccsc1. The first-order chi connectivity index (χ1) is 11.2. The van der Waals surface area contributed by atoms with Crippen LogP contribution in [0.3, 0.4) is 0 Å². The summed E-state index contributed by atoms with van der Waals surface area (Å²) in [6, 6.07) is 3.42. The third-order valence-electron chi connectivity index (χ3n) is 4.25. The summed E-state index contributed by atoms with van der Waals surface area (Å²) in [7, 11) is 0. The van der Waals surface area contributed by atoms with Crippen LogP contribution >= 0.6 is 11.3 Å². The van der Waals surface area contributed by atoms with E-state index < -0.39 is 11.9 Å². The van der Waals surface area contributed by atoms with Gasteiger partial charge in [-0.25, -0.2) is 0 Å². The van der Waals surface area contributed by atoms with E-state index in [0.717, 1.165) is 12.0 Å². The quantitative estimate of drug-likeness (QED) is 0.881. The van der Waals surface area contributed by atoms with Crippen molar-refractivity contribution < 1.29 is 14.7 Å². The standard InChI is InChI=1S/C16H19N3O3S/c20-14-4-3-13(16(21)22)15(12-5-10-23-11-12)19(14)9-2-8-18-7-1-6-17-18/h1,5-7,10-11,13,15H,2-4,8-9H2,(H,21,22)/t13-,15+/m0/s1. The van der Waals surface area contributed by atoms with Crippen molar-refractivity contribution in [2.45, 2.75) is 31.8 Å². The number of piperidine rings is 1. The predicted molar refractivity (Wildman–Crippen MR) is 86.0 cm³/mol. The van der Waals surface area contributed by atoms with Gasteiger partial charge in [0.15, 0.2) is 0 Å². The Kier molecular flexibility index (Phi) is 4.76. The molecule has 0 radical (unpaired) electrons. The molecule has 1 fully saturated rings. The molecule has 122 valence electrons. The Bertz CT molecular complexity index is 654. The summed E-state index contributed by atoms with van der Waals surface area (Å²) in [5.74, 6) is -1.32. The van der Waals surface area contributed by atoms with E-state index in [1.807, 2.05) is 33.8 Å². The molecule has 0 aromatic carbocycles. The molecule has 2 aromatic heterocycles. The molecule has 0 saturated carbocycles. The number of nitrogens with zero attached hydrogens (tertiary/aromatic N) is 3. The highest BCUT2D eigenvalue weighted by molar-refractivity contribution is 7.08. The minimum atomic E-state index is -0.828. The minimum absolute atomic E-state index is 0.0409. The molecule has 3 rings (SSSR count). The Hall–Kier alpha value is -2.15. The molecule has 2 atom stereocenters.